The average molecular weight is 300 g/mol. The van der Waals surface area contributed by atoms with Crippen LogP contribution in [0, 0.1) is 0 Å². The van der Waals surface area contributed by atoms with Crippen LogP contribution in [0.4, 0.5) is 0 Å². The van der Waals surface area contributed by atoms with Gasteiger partial charge in [0.15, 0.2) is 21.9 Å². The predicted octanol–water partition coefficient (Wildman–Crippen LogP) is 2.06. The molecule has 0 aliphatic carbocycles. The Morgan fingerprint density at radius 3 is 2.00 bits per heavy atom. The molecule has 1 aromatic rings. The van der Waals surface area contributed by atoms with Crippen molar-refractivity contribution in [2.75, 3.05) is 19.0 Å². The molecule has 0 bridgehead atoms. The summed E-state index contributed by atoms with van der Waals surface area (Å²) in [6, 6.07) is 5.87. The molecule has 0 atom stereocenters. The van der Waals surface area contributed by atoms with Crippen LogP contribution in [0.2, 0.25) is 0 Å². The standard InChI is InChI=1S/C14H20O5S/c1-4-18-14(19-5-2)10-20(16,17)13-8-6-12(7-9-13)11(3)15/h6-9,14H,4-5,10H2,1-3H3. The summed E-state index contributed by atoms with van der Waals surface area (Å²) < 4.78 is 34.9. The van der Waals surface area contributed by atoms with Gasteiger partial charge in [0.05, 0.1) is 4.90 Å². The lowest BCUT2D eigenvalue weighted by molar-refractivity contribution is -0.120. The van der Waals surface area contributed by atoms with E-state index >= 15 is 0 Å². The number of carbonyl (C=O) groups is 1. The van der Waals surface area contributed by atoms with Crippen LogP contribution in [-0.2, 0) is 19.3 Å². The van der Waals surface area contributed by atoms with Crippen LogP contribution in [0.15, 0.2) is 29.2 Å². The molecule has 0 heterocycles. The maximum atomic E-state index is 12.2. The monoisotopic (exact) mass is 300 g/mol. The third kappa shape index (κ3) is 4.70. The van der Waals surface area contributed by atoms with Crippen molar-refractivity contribution in [2.45, 2.75) is 32.0 Å². The van der Waals surface area contributed by atoms with Gasteiger partial charge in [0.25, 0.3) is 0 Å². The SMILES string of the molecule is CCOC(CS(=O)(=O)c1ccc(C(C)=O)cc1)OCC. The van der Waals surface area contributed by atoms with Crippen LogP contribution < -0.4 is 0 Å². The molecule has 0 aromatic heterocycles. The number of rotatable bonds is 8. The van der Waals surface area contributed by atoms with Crippen LogP contribution in [-0.4, -0.2) is 39.5 Å². The lowest BCUT2D eigenvalue weighted by atomic mass is 10.2. The molecule has 5 nitrogen and oxygen atoms in total. The second-order valence-corrected chi connectivity index (χ2v) is 6.24. The molecule has 0 unspecified atom stereocenters. The van der Waals surface area contributed by atoms with Crippen molar-refractivity contribution >= 4 is 15.6 Å². The number of hydrogen-bond acceptors (Lipinski definition) is 5. The maximum absolute atomic E-state index is 12.2. The molecule has 0 saturated heterocycles. The molecule has 0 N–H and O–H groups in total. The first kappa shape index (κ1) is 16.8. The number of benzene rings is 1. The summed E-state index contributed by atoms with van der Waals surface area (Å²) in [7, 11) is -3.51. The van der Waals surface area contributed by atoms with Gasteiger partial charge in [-0.3, -0.25) is 4.79 Å². The van der Waals surface area contributed by atoms with Crippen LogP contribution in [0.25, 0.3) is 0 Å². The largest absolute Gasteiger partial charge is 0.352 e. The van der Waals surface area contributed by atoms with Crippen molar-refractivity contribution in [3.05, 3.63) is 29.8 Å². The lowest BCUT2D eigenvalue weighted by Crippen LogP contribution is -2.27. The third-order valence-electron chi connectivity index (χ3n) is 2.68. The molecular formula is C14H20O5S. The first-order valence-electron chi connectivity index (χ1n) is 6.47. The molecule has 0 saturated carbocycles. The number of carbonyl (C=O) groups excluding carboxylic acids is 1. The first-order valence-corrected chi connectivity index (χ1v) is 8.13. The number of ether oxygens (including phenoxy) is 2. The smallest absolute Gasteiger partial charge is 0.183 e. The van der Waals surface area contributed by atoms with Gasteiger partial charge in [-0.25, -0.2) is 8.42 Å². The normalized spacial score (nSPS) is 11.8. The number of sulfone groups is 1. The molecular weight excluding hydrogens is 280 g/mol. The minimum Gasteiger partial charge on any atom is -0.352 e. The van der Waals surface area contributed by atoms with Crippen molar-refractivity contribution < 1.29 is 22.7 Å². The fourth-order valence-corrected chi connectivity index (χ4v) is 2.98. The first-order chi connectivity index (χ1) is 9.40. The fraction of sp³-hybridized carbons (Fsp3) is 0.500. The van der Waals surface area contributed by atoms with E-state index in [1.165, 1.54) is 31.2 Å². The van der Waals surface area contributed by atoms with Gasteiger partial charge in [-0.1, -0.05) is 12.1 Å². The van der Waals surface area contributed by atoms with Crippen molar-refractivity contribution in [2.24, 2.45) is 0 Å². The average Bonchev–Trinajstić information content (AvgIpc) is 2.39. The minimum atomic E-state index is -3.51. The Labute approximate surface area is 119 Å². The highest BCUT2D eigenvalue weighted by atomic mass is 32.2. The zero-order valence-electron chi connectivity index (χ0n) is 12.0. The van der Waals surface area contributed by atoms with Crippen molar-refractivity contribution in [1.82, 2.24) is 0 Å². The Morgan fingerprint density at radius 2 is 1.60 bits per heavy atom. The van der Waals surface area contributed by atoms with Gasteiger partial charge in [0, 0.05) is 18.8 Å². The van der Waals surface area contributed by atoms with E-state index < -0.39 is 16.1 Å². The lowest BCUT2D eigenvalue weighted by Gasteiger charge is -2.16. The van der Waals surface area contributed by atoms with Crippen molar-refractivity contribution in [3.8, 4) is 0 Å². The molecule has 1 aromatic carbocycles. The molecule has 0 aliphatic heterocycles. The van der Waals surface area contributed by atoms with Gasteiger partial charge in [-0.15, -0.1) is 0 Å². The summed E-state index contributed by atoms with van der Waals surface area (Å²) >= 11 is 0. The molecule has 1 rings (SSSR count). The third-order valence-corrected chi connectivity index (χ3v) is 4.38. The van der Waals surface area contributed by atoms with Crippen LogP contribution in [0.5, 0.6) is 0 Å². The Balaban J connectivity index is 2.89. The van der Waals surface area contributed by atoms with Gasteiger partial charge in [0.1, 0.15) is 5.75 Å². The van der Waals surface area contributed by atoms with Crippen LogP contribution >= 0.6 is 0 Å². The van der Waals surface area contributed by atoms with Crippen LogP contribution in [0.3, 0.4) is 0 Å². The van der Waals surface area contributed by atoms with Crippen molar-refractivity contribution in [1.29, 1.82) is 0 Å². The van der Waals surface area contributed by atoms with E-state index in [-0.39, 0.29) is 16.4 Å². The molecule has 112 valence electrons. The highest BCUT2D eigenvalue weighted by Crippen LogP contribution is 2.15. The van der Waals surface area contributed by atoms with E-state index in [4.69, 9.17) is 9.47 Å². The summed E-state index contributed by atoms with van der Waals surface area (Å²) in [4.78, 5) is 11.3. The predicted molar refractivity (Wildman–Crippen MR) is 75.5 cm³/mol. The summed E-state index contributed by atoms with van der Waals surface area (Å²) in [5.74, 6) is -0.343. The summed E-state index contributed by atoms with van der Waals surface area (Å²) in [5.41, 5.74) is 0.482. The van der Waals surface area contributed by atoms with E-state index in [1.54, 1.807) is 13.8 Å². The molecule has 0 fully saturated rings. The maximum Gasteiger partial charge on any atom is 0.183 e. The van der Waals surface area contributed by atoms with Gasteiger partial charge in [-0.05, 0) is 32.9 Å². The summed E-state index contributed by atoms with van der Waals surface area (Å²) in [6.07, 6.45) is -0.775. The summed E-state index contributed by atoms with van der Waals surface area (Å²) in [5, 5.41) is 0. The highest BCUT2D eigenvalue weighted by molar-refractivity contribution is 7.91. The van der Waals surface area contributed by atoms with E-state index in [0.717, 1.165) is 0 Å². The minimum absolute atomic E-state index is 0.101. The van der Waals surface area contributed by atoms with E-state index in [0.29, 0.717) is 18.8 Å². The highest BCUT2D eigenvalue weighted by Gasteiger charge is 2.22. The van der Waals surface area contributed by atoms with Gasteiger partial charge < -0.3 is 9.47 Å². The Kier molecular flexibility index (Phi) is 6.32. The second-order valence-electron chi connectivity index (χ2n) is 4.20. The van der Waals surface area contributed by atoms with Gasteiger partial charge >= 0.3 is 0 Å². The van der Waals surface area contributed by atoms with Gasteiger partial charge in [-0.2, -0.15) is 0 Å². The van der Waals surface area contributed by atoms with E-state index in [9.17, 15) is 13.2 Å². The number of ketones is 1. The van der Waals surface area contributed by atoms with E-state index in [1.807, 2.05) is 0 Å². The van der Waals surface area contributed by atoms with Crippen LogP contribution in [0.1, 0.15) is 31.1 Å². The molecule has 6 heteroatoms. The Hall–Kier alpha value is -1.24. The quantitative estimate of drug-likeness (QED) is 0.543. The second kappa shape index (κ2) is 7.52. The Morgan fingerprint density at radius 1 is 1.10 bits per heavy atom. The van der Waals surface area contributed by atoms with E-state index in [2.05, 4.69) is 0 Å². The summed E-state index contributed by atoms with van der Waals surface area (Å²) in [6.45, 7) is 5.75. The Bertz CT molecular complexity index is 527. The molecule has 0 aliphatic rings. The zero-order chi connectivity index (χ0) is 15.2. The zero-order valence-corrected chi connectivity index (χ0v) is 12.8. The molecule has 20 heavy (non-hydrogen) atoms. The van der Waals surface area contributed by atoms with Gasteiger partial charge in [0.2, 0.25) is 0 Å². The fourth-order valence-electron chi connectivity index (χ4n) is 1.69. The number of Topliss-reactive ketones (excluding diaryl/α,β-unsaturated/α-hetero) is 1. The molecule has 0 amide bonds. The van der Waals surface area contributed by atoms with Crippen molar-refractivity contribution in [3.63, 3.8) is 0 Å². The topological polar surface area (TPSA) is 69.7 Å². The molecule has 0 spiro atoms. The molecule has 0 radical (unpaired) electrons. The number of hydrogen-bond donors (Lipinski definition) is 0.